The summed E-state index contributed by atoms with van der Waals surface area (Å²) in [5.41, 5.74) is 1.92. The third kappa shape index (κ3) is 4.04. The summed E-state index contributed by atoms with van der Waals surface area (Å²) in [4.78, 5) is 20.6. The van der Waals surface area contributed by atoms with E-state index in [1.807, 2.05) is 19.1 Å². The zero-order valence-electron chi connectivity index (χ0n) is 13.1. The molecular weight excluding hydrogens is 292 g/mol. The summed E-state index contributed by atoms with van der Waals surface area (Å²) in [6.07, 6.45) is 5.79. The molecule has 0 spiro atoms. The summed E-state index contributed by atoms with van der Waals surface area (Å²) >= 11 is 0. The number of hydrogen-bond donors (Lipinski definition) is 2. The highest BCUT2D eigenvalue weighted by molar-refractivity contribution is 6.04. The Labute approximate surface area is 135 Å². The molecule has 2 aromatic heterocycles. The second kappa shape index (κ2) is 7.19. The monoisotopic (exact) mass is 312 g/mol. The van der Waals surface area contributed by atoms with Crippen molar-refractivity contribution in [1.29, 1.82) is 0 Å². The normalized spacial score (nSPS) is 17.0. The lowest BCUT2D eigenvalue weighted by molar-refractivity contribution is 0.102. The first-order valence-corrected chi connectivity index (χ1v) is 7.77. The van der Waals surface area contributed by atoms with Crippen LogP contribution in [0.1, 0.15) is 28.9 Å². The van der Waals surface area contributed by atoms with Gasteiger partial charge in [0, 0.05) is 25.0 Å². The minimum Gasteiger partial charge on any atom is -0.376 e. The number of aryl methyl sites for hydroxylation is 1. The van der Waals surface area contributed by atoms with Crippen molar-refractivity contribution in [3.63, 3.8) is 0 Å². The molecule has 0 aromatic carbocycles. The second-order valence-corrected chi connectivity index (χ2v) is 5.54. The molecule has 1 saturated heterocycles. The maximum Gasteiger partial charge on any atom is 0.257 e. The van der Waals surface area contributed by atoms with Crippen molar-refractivity contribution in [1.82, 2.24) is 9.97 Å². The quantitative estimate of drug-likeness (QED) is 0.887. The summed E-state index contributed by atoms with van der Waals surface area (Å²) in [7, 11) is 0. The number of carbonyl (C=O) groups is 1. The number of nitrogens with one attached hydrogen (secondary N) is 2. The SMILES string of the molecule is Cc1ncccc1C(=O)Nc1ccc(NCC2CCCO2)nc1. The average molecular weight is 312 g/mol. The zero-order chi connectivity index (χ0) is 16.1. The fourth-order valence-electron chi connectivity index (χ4n) is 2.52. The molecule has 0 radical (unpaired) electrons. The number of carbonyl (C=O) groups excluding carboxylic acids is 1. The highest BCUT2D eigenvalue weighted by Gasteiger charge is 2.15. The van der Waals surface area contributed by atoms with Crippen LogP contribution in [0.4, 0.5) is 11.5 Å². The lowest BCUT2D eigenvalue weighted by Gasteiger charge is -2.12. The first kappa shape index (κ1) is 15.4. The molecule has 3 heterocycles. The lowest BCUT2D eigenvalue weighted by Crippen LogP contribution is -2.19. The molecule has 0 saturated carbocycles. The van der Waals surface area contributed by atoms with E-state index >= 15 is 0 Å². The molecule has 1 aliphatic rings. The molecule has 3 rings (SSSR count). The van der Waals surface area contributed by atoms with Gasteiger partial charge in [-0.1, -0.05) is 0 Å². The number of anilines is 2. The Hall–Kier alpha value is -2.47. The van der Waals surface area contributed by atoms with Gasteiger partial charge in [-0.25, -0.2) is 4.98 Å². The van der Waals surface area contributed by atoms with Crippen molar-refractivity contribution in [3.05, 3.63) is 47.9 Å². The van der Waals surface area contributed by atoms with Crippen molar-refractivity contribution in [2.75, 3.05) is 23.8 Å². The average Bonchev–Trinajstić information content (AvgIpc) is 3.08. The highest BCUT2D eigenvalue weighted by Crippen LogP contribution is 2.15. The van der Waals surface area contributed by atoms with Crippen LogP contribution in [0.2, 0.25) is 0 Å². The van der Waals surface area contributed by atoms with Gasteiger partial charge in [-0.05, 0) is 44.0 Å². The van der Waals surface area contributed by atoms with Crippen LogP contribution in [0.15, 0.2) is 36.7 Å². The maximum atomic E-state index is 12.2. The van der Waals surface area contributed by atoms with Gasteiger partial charge in [0.05, 0.1) is 23.6 Å². The standard InChI is InChI=1S/C17H20N4O2/c1-12-15(5-2-8-18-12)17(22)21-13-6-7-16(19-10-13)20-11-14-4-3-9-23-14/h2,5-8,10,14H,3-4,9,11H2,1H3,(H,19,20)(H,21,22). The molecule has 23 heavy (non-hydrogen) atoms. The number of nitrogens with zero attached hydrogens (tertiary/aromatic N) is 2. The Morgan fingerprint density at radius 2 is 2.26 bits per heavy atom. The predicted molar refractivity (Wildman–Crippen MR) is 88.6 cm³/mol. The Bertz CT molecular complexity index is 667. The van der Waals surface area contributed by atoms with E-state index in [1.165, 1.54) is 0 Å². The van der Waals surface area contributed by atoms with Gasteiger partial charge in [0.2, 0.25) is 0 Å². The van der Waals surface area contributed by atoms with Crippen LogP contribution < -0.4 is 10.6 Å². The highest BCUT2D eigenvalue weighted by atomic mass is 16.5. The van der Waals surface area contributed by atoms with Gasteiger partial charge in [0.25, 0.3) is 5.91 Å². The largest absolute Gasteiger partial charge is 0.376 e. The van der Waals surface area contributed by atoms with E-state index in [9.17, 15) is 4.79 Å². The Kier molecular flexibility index (Phi) is 4.83. The van der Waals surface area contributed by atoms with Gasteiger partial charge in [0.15, 0.2) is 0 Å². The summed E-state index contributed by atoms with van der Waals surface area (Å²) in [6.45, 7) is 3.41. The van der Waals surface area contributed by atoms with Crippen LogP contribution in [-0.4, -0.2) is 35.1 Å². The fraction of sp³-hybridized carbons (Fsp3) is 0.353. The Balaban J connectivity index is 1.56. The van der Waals surface area contributed by atoms with Gasteiger partial charge in [-0.15, -0.1) is 0 Å². The van der Waals surface area contributed by atoms with E-state index in [2.05, 4.69) is 20.6 Å². The predicted octanol–water partition coefficient (Wildman–Crippen LogP) is 2.63. The summed E-state index contributed by atoms with van der Waals surface area (Å²) in [6, 6.07) is 7.18. The van der Waals surface area contributed by atoms with Gasteiger partial charge < -0.3 is 15.4 Å². The number of pyridine rings is 2. The minimum absolute atomic E-state index is 0.183. The molecule has 1 atom stereocenters. The van der Waals surface area contributed by atoms with Crippen LogP contribution in [0.3, 0.4) is 0 Å². The Morgan fingerprint density at radius 1 is 1.35 bits per heavy atom. The molecule has 1 aliphatic heterocycles. The number of hydrogen-bond acceptors (Lipinski definition) is 5. The van der Waals surface area contributed by atoms with E-state index in [0.717, 1.165) is 31.8 Å². The van der Waals surface area contributed by atoms with E-state index in [1.54, 1.807) is 24.5 Å². The van der Waals surface area contributed by atoms with E-state index < -0.39 is 0 Å². The second-order valence-electron chi connectivity index (χ2n) is 5.54. The molecule has 2 N–H and O–H groups in total. The molecule has 1 amide bonds. The molecule has 6 nitrogen and oxygen atoms in total. The first-order chi connectivity index (χ1) is 11.2. The van der Waals surface area contributed by atoms with Crippen molar-refractivity contribution >= 4 is 17.4 Å². The molecule has 0 aliphatic carbocycles. The lowest BCUT2D eigenvalue weighted by atomic mass is 10.2. The fourth-order valence-corrected chi connectivity index (χ4v) is 2.52. The van der Waals surface area contributed by atoms with E-state index in [-0.39, 0.29) is 12.0 Å². The third-order valence-corrected chi connectivity index (χ3v) is 3.81. The van der Waals surface area contributed by atoms with Gasteiger partial charge in [-0.3, -0.25) is 9.78 Å². The van der Waals surface area contributed by atoms with Crippen LogP contribution >= 0.6 is 0 Å². The number of amides is 1. The zero-order valence-corrected chi connectivity index (χ0v) is 13.1. The van der Waals surface area contributed by atoms with Crippen LogP contribution in [0.5, 0.6) is 0 Å². The molecular formula is C17H20N4O2. The third-order valence-electron chi connectivity index (χ3n) is 3.81. The van der Waals surface area contributed by atoms with E-state index in [4.69, 9.17) is 4.74 Å². The van der Waals surface area contributed by atoms with Gasteiger partial charge in [0.1, 0.15) is 5.82 Å². The smallest absolute Gasteiger partial charge is 0.257 e. The van der Waals surface area contributed by atoms with Crippen molar-refractivity contribution in [2.24, 2.45) is 0 Å². The van der Waals surface area contributed by atoms with Crippen LogP contribution in [0.25, 0.3) is 0 Å². The van der Waals surface area contributed by atoms with Gasteiger partial charge >= 0.3 is 0 Å². The topological polar surface area (TPSA) is 76.1 Å². The Morgan fingerprint density at radius 3 is 2.96 bits per heavy atom. The van der Waals surface area contributed by atoms with Crippen LogP contribution in [0, 0.1) is 6.92 Å². The molecule has 1 fully saturated rings. The molecule has 0 bridgehead atoms. The van der Waals surface area contributed by atoms with Gasteiger partial charge in [-0.2, -0.15) is 0 Å². The summed E-state index contributed by atoms with van der Waals surface area (Å²) in [5, 5.41) is 6.08. The van der Waals surface area contributed by atoms with Crippen molar-refractivity contribution in [3.8, 4) is 0 Å². The summed E-state index contributed by atoms with van der Waals surface area (Å²) < 4.78 is 5.56. The minimum atomic E-state index is -0.183. The molecule has 1 unspecified atom stereocenters. The first-order valence-electron chi connectivity index (χ1n) is 7.77. The molecule has 2 aromatic rings. The maximum absolute atomic E-state index is 12.2. The summed E-state index contributed by atoms with van der Waals surface area (Å²) in [5.74, 6) is 0.591. The molecule has 120 valence electrons. The molecule has 6 heteroatoms. The number of rotatable bonds is 5. The number of ether oxygens (including phenoxy) is 1. The van der Waals surface area contributed by atoms with Crippen LogP contribution in [-0.2, 0) is 4.74 Å². The van der Waals surface area contributed by atoms with Crippen molar-refractivity contribution in [2.45, 2.75) is 25.9 Å². The van der Waals surface area contributed by atoms with E-state index in [0.29, 0.717) is 16.9 Å². The number of aromatic nitrogens is 2. The van der Waals surface area contributed by atoms with Crippen molar-refractivity contribution < 1.29 is 9.53 Å².